The zero-order chi connectivity index (χ0) is 20.3. The number of fused-ring (bicyclic) bond motifs is 1. The van der Waals surface area contributed by atoms with Gasteiger partial charge in [0, 0.05) is 7.11 Å². The molecule has 8 nitrogen and oxygen atoms in total. The fourth-order valence-electron chi connectivity index (χ4n) is 2.68. The van der Waals surface area contributed by atoms with Crippen LogP contribution in [0.2, 0.25) is 0 Å². The van der Waals surface area contributed by atoms with Gasteiger partial charge in [0.1, 0.15) is 0 Å². The van der Waals surface area contributed by atoms with Crippen molar-refractivity contribution in [3.05, 3.63) is 65.2 Å². The van der Waals surface area contributed by atoms with Gasteiger partial charge in [-0.3, -0.25) is 9.59 Å². The lowest BCUT2D eigenvalue weighted by Crippen LogP contribution is -2.33. The average Bonchev–Trinajstić information content (AvgIpc) is 2.92. The Hall–Kier alpha value is -3.04. The highest BCUT2D eigenvalue weighted by atomic mass is 32.2. The van der Waals surface area contributed by atoms with E-state index in [1.807, 2.05) is 0 Å². The normalized spacial score (nSPS) is 13.5. The smallest absolute Gasteiger partial charge is 0.337 e. The summed E-state index contributed by atoms with van der Waals surface area (Å²) in [6, 6.07) is 11.9. The van der Waals surface area contributed by atoms with E-state index in [1.165, 1.54) is 43.5 Å². The molecule has 28 heavy (non-hydrogen) atoms. The first kappa shape index (κ1) is 19.7. The maximum atomic E-state index is 12.2. The Bertz CT molecular complexity index is 994. The summed E-state index contributed by atoms with van der Waals surface area (Å²) in [7, 11) is -2.05. The van der Waals surface area contributed by atoms with Crippen LogP contribution in [0.15, 0.2) is 53.4 Å². The van der Waals surface area contributed by atoms with Crippen molar-refractivity contribution in [1.82, 2.24) is 5.06 Å². The van der Waals surface area contributed by atoms with E-state index in [1.54, 1.807) is 12.1 Å². The van der Waals surface area contributed by atoms with Crippen molar-refractivity contribution in [3.8, 4) is 0 Å². The predicted molar refractivity (Wildman–Crippen MR) is 97.1 cm³/mol. The third kappa shape index (κ3) is 3.95. The number of nitrogens with zero attached hydrogens (tertiary/aromatic N) is 1. The summed E-state index contributed by atoms with van der Waals surface area (Å²) in [5.74, 6) is -2.36. The Kier molecular flexibility index (Phi) is 5.57. The molecule has 0 N–H and O–H groups in total. The molecule has 0 aromatic heterocycles. The number of hydrogen-bond acceptors (Lipinski definition) is 7. The fourth-order valence-corrected chi connectivity index (χ4v) is 3.85. The first-order chi connectivity index (χ1) is 13.3. The third-order valence-corrected chi connectivity index (χ3v) is 5.83. The van der Waals surface area contributed by atoms with Crippen LogP contribution >= 0.6 is 0 Å². The van der Waals surface area contributed by atoms with Gasteiger partial charge in [0.05, 0.1) is 34.8 Å². The molecule has 1 heterocycles. The second kappa shape index (κ2) is 7.91. The van der Waals surface area contributed by atoms with Crippen LogP contribution in [-0.4, -0.2) is 50.7 Å². The maximum Gasteiger partial charge on any atom is 0.337 e. The van der Waals surface area contributed by atoms with E-state index in [9.17, 15) is 22.8 Å². The van der Waals surface area contributed by atoms with E-state index < -0.39 is 27.6 Å². The molecular formula is C19H17NO7S. The monoisotopic (exact) mass is 403 g/mol. The number of methoxy groups -OCH3 is 1. The van der Waals surface area contributed by atoms with Crippen LogP contribution in [0.3, 0.4) is 0 Å². The van der Waals surface area contributed by atoms with Crippen molar-refractivity contribution < 1.29 is 32.4 Å². The molecule has 0 radical (unpaired) electrons. The van der Waals surface area contributed by atoms with Crippen molar-refractivity contribution in [2.75, 3.05) is 19.5 Å². The molecule has 2 aromatic carbocycles. The Morgan fingerprint density at radius 3 is 2.07 bits per heavy atom. The second-order valence-electron chi connectivity index (χ2n) is 6.05. The van der Waals surface area contributed by atoms with Gasteiger partial charge in [0.25, 0.3) is 11.8 Å². The highest BCUT2D eigenvalue weighted by Gasteiger charge is 2.38. The molecule has 0 saturated carbocycles. The average molecular weight is 403 g/mol. The predicted octanol–water partition coefficient (Wildman–Crippen LogP) is 1.40. The van der Waals surface area contributed by atoms with E-state index in [0.717, 1.165) is 0 Å². The van der Waals surface area contributed by atoms with E-state index in [-0.39, 0.29) is 34.8 Å². The molecule has 0 fully saturated rings. The molecule has 146 valence electrons. The number of sulfone groups is 1. The molecule has 0 atom stereocenters. The minimum Gasteiger partial charge on any atom is -0.384 e. The zero-order valence-electron chi connectivity index (χ0n) is 15.0. The number of rotatable bonds is 7. The molecule has 0 unspecified atom stereocenters. The second-order valence-corrected chi connectivity index (χ2v) is 8.16. The van der Waals surface area contributed by atoms with Gasteiger partial charge in [0.15, 0.2) is 9.84 Å². The first-order valence-corrected chi connectivity index (χ1v) is 9.98. The van der Waals surface area contributed by atoms with Gasteiger partial charge in [-0.1, -0.05) is 29.3 Å². The van der Waals surface area contributed by atoms with Gasteiger partial charge >= 0.3 is 5.97 Å². The summed E-state index contributed by atoms with van der Waals surface area (Å²) < 4.78 is 28.9. The quantitative estimate of drug-likeness (QED) is 0.643. The van der Waals surface area contributed by atoms with Gasteiger partial charge in [0.2, 0.25) is 0 Å². The number of ether oxygens (including phenoxy) is 1. The molecule has 1 aliphatic heterocycles. The molecule has 0 spiro atoms. The summed E-state index contributed by atoms with van der Waals surface area (Å²) in [4.78, 5) is 41.6. The van der Waals surface area contributed by atoms with E-state index in [4.69, 9.17) is 9.57 Å². The van der Waals surface area contributed by atoms with Gasteiger partial charge in [-0.2, -0.15) is 0 Å². The summed E-state index contributed by atoms with van der Waals surface area (Å²) in [5.41, 5.74) is 0.823. The SMILES string of the molecule is COCCS(=O)(=O)c1ccc(CC(=O)ON2C(=O)c3ccccc3C2=O)cc1. The third-order valence-electron chi connectivity index (χ3n) is 4.14. The number of carbonyl (C=O) groups excluding carboxylic acids is 3. The zero-order valence-corrected chi connectivity index (χ0v) is 15.8. The lowest BCUT2D eigenvalue weighted by molar-refractivity contribution is -0.167. The van der Waals surface area contributed by atoms with Crippen LogP contribution < -0.4 is 0 Å². The van der Waals surface area contributed by atoms with Gasteiger partial charge in [-0.05, 0) is 29.8 Å². The molecule has 0 bridgehead atoms. The van der Waals surface area contributed by atoms with Crippen molar-refractivity contribution in [3.63, 3.8) is 0 Å². The largest absolute Gasteiger partial charge is 0.384 e. The summed E-state index contributed by atoms with van der Waals surface area (Å²) in [6.45, 7) is 0.0801. The van der Waals surface area contributed by atoms with Crippen LogP contribution in [0, 0.1) is 0 Å². The van der Waals surface area contributed by atoms with Crippen LogP contribution in [0.4, 0.5) is 0 Å². The number of hydroxylamine groups is 2. The topological polar surface area (TPSA) is 107 Å². The molecule has 2 aromatic rings. The lowest BCUT2D eigenvalue weighted by atomic mass is 10.1. The first-order valence-electron chi connectivity index (χ1n) is 8.33. The number of imide groups is 1. The standard InChI is InChI=1S/C19H17NO7S/c1-26-10-11-28(24,25)14-8-6-13(7-9-14)12-17(21)27-20-18(22)15-4-2-3-5-16(15)19(20)23/h2-9H,10-12H2,1H3. The summed E-state index contributed by atoms with van der Waals surface area (Å²) in [6.07, 6.45) is -0.230. The Balaban J connectivity index is 1.65. The van der Waals surface area contributed by atoms with E-state index in [0.29, 0.717) is 10.6 Å². The molecule has 3 rings (SSSR count). The van der Waals surface area contributed by atoms with Crippen molar-refractivity contribution in [2.45, 2.75) is 11.3 Å². The number of hydrogen-bond donors (Lipinski definition) is 0. The van der Waals surface area contributed by atoms with Crippen molar-refractivity contribution in [1.29, 1.82) is 0 Å². The van der Waals surface area contributed by atoms with Crippen molar-refractivity contribution in [2.24, 2.45) is 0 Å². The molecular weight excluding hydrogens is 386 g/mol. The molecule has 0 saturated heterocycles. The Morgan fingerprint density at radius 1 is 0.964 bits per heavy atom. The van der Waals surface area contributed by atoms with Gasteiger partial charge in [-0.15, -0.1) is 0 Å². The fraction of sp³-hybridized carbons (Fsp3) is 0.211. The Labute approximate surface area is 161 Å². The maximum absolute atomic E-state index is 12.2. The van der Waals surface area contributed by atoms with E-state index >= 15 is 0 Å². The number of amides is 2. The highest BCUT2D eigenvalue weighted by Crippen LogP contribution is 2.23. The molecule has 9 heteroatoms. The molecule has 2 amide bonds. The van der Waals surface area contributed by atoms with Gasteiger partial charge < -0.3 is 9.57 Å². The van der Waals surface area contributed by atoms with Gasteiger partial charge in [-0.25, -0.2) is 13.2 Å². The molecule has 0 aliphatic carbocycles. The van der Waals surface area contributed by atoms with Crippen LogP contribution in [0.25, 0.3) is 0 Å². The molecule has 1 aliphatic rings. The summed E-state index contributed by atoms with van der Waals surface area (Å²) in [5, 5.41) is 0.441. The number of carbonyl (C=O) groups is 3. The minimum absolute atomic E-state index is 0.0801. The van der Waals surface area contributed by atoms with Crippen molar-refractivity contribution >= 4 is 27.6 Å². The Morgan fingerprint density at radius 2 is 1.54 bits per heavy atom. The van der Waals surface area contributed by atoms with Crippen LogP contribution in [-0.2, 0) is 30.6 Å². The minimum atomic E-state index is -3.47. The number of benzene rings is 2. The van der Waals surface area contributed by atoms with Crippen LogP contribution in [0.5, 0.6) is 0 Å². The van der Waals surface area contributed by atoms with E-state index in [2.05, 4.69) is 0 Å². The highest BCUT2D eigenvalue weighted by molar-refractivity contribution is 7.91. The van der Waals surface area contributed by atoms with Crippen LogP contribution in [0.1, 0.15) is 26.3 Å². The lowest BCUT2D eigenvalue weighted by Gasteiger charge is -2.12. The summed E-state index contributed by atoms with van der Waals surface area (Å²) >= 11 is 0.